The van der Waals surface area contributed by atoms with Gasteiger partial charge in [0.05, 0.1) is 11.4 Å². The van der Waals surface area contributed by atoms with Gasteiger partial charge in [-0.15, -0.1) is 11.3 Å². The predicted molar refractivity (Wildman–Crippen MR) is 101 cm³/mol. The zero-order valence-corrected chi connectivity index (χ0v) is 15.6. The average molecular weight is 369 g/mol. The van der Waals surface area contributed by atoms with E-state index in [1.807, 2.05) is 31.2 Å². The molecule has 1 amide bonds. The fourth-order valence-corrected chi connectivity index (χ4v) is 3.42. The molecule has 134 valence electrons. The number of carbonyl (C=O) groups excluding carboxylic acids is 2. The molecule has 6 nitrogen and oxygen atoms in total. The molecule has 0 saturated carbocycles. The molecule has 0 aliphatic carbocycles. The third kappa shape index (κ3) is 3.83. The number of carbonyl (C=O) groups is 2. The minimum Gasteiger partial charge on any atom is -0.454 e. The van der Waals surface area contributed by atoms with Crippen molar-refractivity contribution >= 4 is 34.0 Å². The minimum absolute atomic E-state index is 0.0556. The van der Waals surface area contributed by atoms with Gasteiger partial charge in [-0.1, -0.05) is 12.1 Å². The zero-order chi connectivity index (χ0) is 18.7. The molecule has 1 aromatic carbocycles. The first-order valence-corrected chi connectivity index (χ1v) is 8.94. The van der Waals surface area contributed by atoms with E-state index in [1.54, 1.807) is 40.2 Å². The van der Waals surface area contributed by atoms with Gasteiger partial charge in [0.25, 0.3) is 0 Å². The van der Waals surface area contributed by atoms with Crippen molar-refractivity contribution in [2.75, 3.05) is 4.90 Å². The highest BCUT2D eigenvalue weighted by Gasteiger charge is 2.19. The predicted octanol–water partition coefficient (Wildman–Crippen LogP) is 3.83. The lowest BCUT2D eigenvalue weighted by atomic mass is 10.2. The van der Waals surface area contributed by atoms with E-state index in [4.69, 9.17) is 4.74 Å². The van der Waals surface area contributed by atoms with E-state index in [1.165, 1.54) is 18.3 Å². The van der Waals surface area contributed by atoms with E-state index in [2.05, 4.69) is 4.98 Å². The van der Waals surface area contributed by atoms with Crippen LogP contribution in [0.15, 0.2) is 48.0 Å². The Kier molecular flexibility index (Phi) is 5.18. The van der Waals surface area contributed by atoms with Crippen LogP contribution in [-0.4, -0.2) is 21.4 Å². The van der Waals surface area contributed by atoms with Crippen molar-refractivity contribution in [1.82, 2.24) is 9.55 Å². The van der Waals surface area contributed by atoms with Crippen LogP contribution in [0.3, 0.4) is 0 Å². The van der Waals surface area contributed by atoms with Gasteiger partial charge < -0.3 is 9.30 Å². The summed E-state index contributed by atoms with van der Waals surface area (Å²) in [6.45, 7) is 3.52. The maximum atomic E-state index is 12.1. The minimum atomic E-state index is -0.408. The normalized spacial score (nSPS) is 10.6. The van der Waals surface area contributed by atoms with Gasteiger partial charge in [-0.2, -0.15) is 0 Å². The molecule has 2 aromatic heterocycles. The molecule has 0 atom stereocenters. The van der Waals surface area contributed by atoms with Crippen LogP contribution in [0.5, 0.6) is 0 Å². The third-order valence-corrected chi connectivity index (χ3v) is 4.68. The number of hydrogen-bond donors (Lipinski definition) is 0. The summed E-state index contributed by atoms with van der Waals surface area (Å²) < 4.78 is 7.01. The summed E-state index contributed by atoms with van der Waals surface area (Å²) in [4.78, 5) is 30.2. The van der Waals surface area contributed by atoms with Crippen molar-refractivity contribution in [2.45, 2.75) is 20.5 Å². The van der Waals surface area contributed by atoms with Gasteiger partial charge >= 0.3 is 5.97 Å². The van der Waals surface area contributed by atoms with Gasteiger partial charge in [-0.25, -0.2) is 9.78 Å². The Bertz CT molecular complexity index is 945. The summed E-state index contributed by atoms with van der Waals surface area (Å²) in [6, 6.07) is 11.1. The molecule has 3 aromatic rings. The van der Waals surface area contributed by atoms with Gasteiger partial charge in [0, 0.05) is 25.5 Å². The fraction of sp³-hybridized carbons (Fsp3) is 0.211. The topological polar surface area (TPSA) is 64.4 Å². The largest absolute Gasteiger partial charge is 0.454 e. The average Bonchev–Trinajstić information content (AvgIpc) is 3.22. The molecule has 0 spiro atoms. The number of hydrogen-bond acceptors (Lipinski definition) is 5. The van der Waals surface area contributed by atoms with Gasteiger partial charge in [0.1, 0.15) is 12.3 Å². The quantitative estimate of drug-likeness (QED) is 0.641. The Morgan fingerprint density at radius 3 is 2.73 bits per heavy atom. The van der Waals surface area contributed by atoms with E-state index in [-0.39, 0.29) is 12.5 Å². The van der Waals surface area contributed by atoms with Crippen molar-refractivity contribution in [3.05, 3.63) is 64.9 Å². The number of esters is 1. The Hall–Kier alpha value is -2.93. The van der Waals surface area contributed by atoms with Crippen LogP contribution in [0.25, 0.3) is 0 Å². The van der Waals surface area contributed by atoms with Gasteiger partial charge in [-0.05, 0) is 36.8 Å². The maximum absolute atomic E-state index is 12.1. The standard InChI is InChI=1S/C19H19N3O3S/c1-13-6-4-7-16(10-13)22(14(2)23)19-20-15(12-26-19)11-25-18(24)17-8-5-9-21(17)3/h4-10,12H,11H2,1-3H3. The van der Waals surface area contributed by atoms with E-state index >= 15 is 0 Å². The van der Waals surface area contributed by atoms with Crippen molar-refractivity contribution in [3.8, 4) is 0 Å². The first-order chi connectivity index (χ1) is 12.5. The summed E-state index contributed by atoms with van der Waals surface area (Å²) in [5.41, 5.74) is 2.90. The number of nitrogens with zero attached hydrogens (tertiary/aromatic N) is 3. The van der Waals surface area contributed by atoms with Crippen LogP contribution in [0, 0.1) is 6.92 Å². The van der Waals surface area contributed by atoms with Crippen molar-refractivity contribution in [2.24, 2.45) is 7.05 Å². The molecule has 0 N–H and O–H groups in total. The second-order valence-corrected chi connectivity index (χ2v) is 6.73. The first-order valence-electron chi connectivity index (χ1n) is 8.06. The summed E-state index contributed by atoms with van der Waals surface area (Å²) in [6.07, 6.45) is 1.78. The molecule has 0 radical (unpaired) electrons. The SMILES string of the molecule is CC(=O)N(c1cccc(C)c1)c1nc(COC(=O)c2cccn2C)cs1. The summed E-state index contributed by atoms with van der Waals surface area (Å²) >= 11 is 1.34. The molecule has 0 bridgehead atoms. The van der Waals surface area contributed by atoms with Crippen LogP contribution in [0.1, 0.15) is 28.7 Å². The molecule has 0 unspecified atom stereocenters. The maximum Gasteiger partial charge on any atom is 0.355 e. The molecule has 3 rings (SSSR count). The molecular formula is C19H19N3O3S. The van der Waals surface area contributed by atoms with Gasteiger partial charge in [0.2, 0.25) is 5.91 Å². The van der Waals surface area contributed by atoms with Crippen molar-refractivity contribution in [1.29, 1.82) is 0 Å². The van der Waals surface area contributed by atoms with E-state index in [9.17, 15) is 9.59 Å². The van der Waals surface area contributed by atoms with Gasteiger partial charge in [-0.3, -0.25) is 9.69 Å². The van der Waals surface area contributed by atoms with E-state index in [0.29, 0.717) is 16.5 Å². The molecule has 0 aliphatic heterocycles. The third-order valence-electron chi connectivity index (χ3n) is 3.81. The van der Waals surface area contributed by atoms with Gasteiger partial charge in [0.15, 0.2) is 5.13 Å². The molecule has 26 heavy (non-hydrogen) atoms. The molecule has 7 heteroatoms. The smallest absolute Gasteiger partial charge is 0.355 e. The number of ether oxygens (including phenoxy) is 1. The molecule has 2 heterocycles. The van der Waals surface area contributed by atoms with Crippen LogP contribution < -0.4 is 4.90 Å². The second kappa shape index (κ2) is 7.53. The molecule has 0 fully saturated rings. The lowest BCUT2D eigenvalue weighted by Crippen LogP contribution is -2.22. The van der Waals surface area contributed by atoms with Crippen LogP contribution in [0.2, 0.25) is 0 Å². The number of rotatable bonds is 5. The van der Waals surface area contributed by atoms with Crippen molar-refractivity contribution in [3.63, 3.8) is 0 Å². The molecular weight excluding hydrogens is 350 g/mol. The van der Waals surface area contributed by atoms with Crippen LogP contribution >= 0.6 is 11.3 Å². The Morgan fingerprint density at radius 1 is 1.27 bits per heavy atom. The number of amides is 1. The first kappa shape index (κ1) is 17.9. The Morgan fingerprint density at radius 2 is 2.08 bits per heavy atom. The number of aryl methyl sites for hydroxylation is 2. The molecule has 0 aliphatic rings. The lowest BCUT2D eigenvalue weighted by Gasteiger charge is -2.18. The summed E-state index contributed by atoms with van der Waals surface area (Å²) in [5, 5.41) is 2.34. The fourth-order valence-electron chi connectivity index (χ4n) is 2.55. The summed E-state index contributed by atoms with van der Waals surface area (Å²) in [7, 11) is 1.78. The number of thiazole rings is 1. The Balaban J connectivity index is 1.74. The monoisotopic (exact) mass is 369 g/mol. The highest BCUT2D eigenvalue weighted by Crippen LogP contribution is 2.29. The zero-order valence-electron chi connectivity index (χ0n) is 14.8. The number of anilines is 2. The van der Waals surface area contributed by atoms with E-state index < -0.39 is 5.97 Å². The number of benzene rings is 1. The lowest BCUT2D eigenvalue weighted by molar-refractivity contribution is -0.115. The molecule has 0 saturated heterocycles. The van der Waals surface area contributed by atoms with E-state index in [0.717, 1.165) is 11.3 Å². The van der Waals surface area contributed by atoms with Crippen molar-refractivity contribution < 1.29 is 14.3 Å². The highest BCUT2D eigenvalue weighted by atomic mass is 32.1. The number of aromatic nitrogens is 2. The van der Waals surface area contributed by atoms with Crippen LogP contribution in [0.4, 0.5) is 10.8 Å². The second-order valence-electron chi connectivity index (χ2n) is 5.90. The summed E-state index contributed by atoms with van der Waals surface area (Å²) in [5.74, 6) is -0.536. The Labute approximate surface area is 155 Å². The highest BCUT2D eigenvalue weighted by molar-refractivity contribution is 7.14. The van der Waals surface area contributed by atoms with Crippen LogP contribution in [-0.2, 0) is 23.2 Å².